The fourth-order valence-electron chi connectivity index (χ4n) is 0.464. The minimum atomic E-state index is -1.11. The van der Waals surface area contributed by atoms with Gasteiger partial charge >= 0.3 is 5.97 Å². The zero-order valence-electron chi connectivity index (χ0n) is 6.20. The highest BCUT2D eigenvalue weighted by molar-refractivity contribution is 5.76. The van der Waals surface area contributed by atoms with Crippen LogP contribution < -0.4 is 0 Å². The van der Waals surface area contributed by atoms with Crippen molar-refractivity contribution in [3.63, 3.8) is 0 Å². The molecule has 0 heterocycles. The topological polar surface area (TPSA) is 46.5 Å². The van der Waals surface area contributed by atoms with E-state index in [1.165, 1.54) is 13.2 Å². The average molecular weight is 144 g/mol. The lowest BCUT2D eigenvalue weighted by molar-refractivity contribution is -0.147. The predicted octanol–water partition coefficient (Wildman–Crippen LogP) is 0.486. The zero-order valence-corrected chi connectivity index (χ0v) is 6.20. The zero-order chi connectivity index (χ0) is 7.98. The van der Waals surface area contributed by atoms with Crippen molar-refractivity contribution < 1.29 is 14.6 Å². The van der Waals surface area contributed by atoms with Crippen LogP contribution in [0, 0.1) is 0 Å². The molecule has 0 amide bonds. The Bertz CT molecular complexity index is 129. The van der Waals surface area contributed by atoms with E-state index in [4.69, 9.17) is 5.11 Å². The van der Waals surface area contributed by atoms with E-state index < -0.39 is 12.1 Å². The number of carbonyl (C=O) groups excluding carboxylic acids is 1. The maximum Gasteiger partial charge on any atom is 0.338 e. The Balaban J connectivity index is 3.72. The summed E-state index contributed by atoms with van der Waals surface area (Å²) >= 11 is 0. The van der Waals surface area contributed by atoms with Crippen LogP contribution >= 0.6 is 0 Å². The van der Waals surface area contributed by atoms with Gasteiger partial charge in [0.25, 0.3) is 0 Å². The number of aliphatic hydroxyl groups is 1. The molecule has 10 heavy (non-hydrogen) atoms. The van der Waals surface area contributed by atoms with E-state index in [9.17, 15) is 4.79 Å². The molecule has 0 aliphatic heterocycles. The molecule has 0 unspecified atom stereocenters. The van der Waals surface area contributed by atoms with Crippen molar-refractivity contribution in [1.82, 2.24) is 0 Å². The van der Waals surface area contributed by atoms with Crippen LogP contribution in [0.25, 0.3) is 0 Å². The van der Waals surface area contributed by atoms with Crippen LogP contribution in [0.15, 0.2) is 12.2 Å². The van der Waals surface area contributed by atoms with E-state index >= 15 is 0 Å². The molecule has 3 nitrogen and oxygen atoms in total. The summed E-state index contributed by atoms with van der Waals surface area (Å²) in [5.74, 6) is -0.621. The monoisotopic (exact) mass is 144 g/mol. The normalized spacial score (nSPS) is 13.5. The van der Waals surface area contributed by atoms with Crippen molar-refractivity contribution in [3.8, 4) is 0 Å². The summed E-state index contributed by atoms with van der Waals surface area (Å²) in [6.07, 6.45) is 2.81. The lowest BCUT2D eigenvalue weighted by atomic mass is 10.3. The summed E-state index contributed by atoms with van der Waals surface area (Å²) < 4.78 is 4.27. The van der Waals surface area contributed by atoms with Gasteiger partial charge in [-0.2, -0.15) is 0 Å². The van der Waals surface area contributed by atoms with E-state index in [-0.39, 0.29) is 0 Å². The maximum absolute atomic E-state index is 10.5. The number of hydrogen-bond acceptors (Lipinski definition) is 3. The summed E-state index contributed by atoms with van der Waals surface area (Å²) in [5, 5.41) is 8.89. The van der Waals surface area contributed by atoms with Crippen molar-refractivity contribution >= 4 is 5.97 Å². The second kappa shape index (κ2) is 4.99. The van der Waals surface area contributed by atoms with Gasteiger partial charge in [-0.25, -0.2) is 4.79 Å². The molecule has 0 aliphatic carbocycles. The van der Waals surface area contributed by atoms with Crippen LogP contribution in [0.1, 0.15) is 13.3 Å². The van der Waals surface area contributed by atoms with Crippen molar-refractivity contribution in [2.75, 3.05) is 7.11 Å². The number of esters is 1. The summed E-state index contributed by atoms with van der Waals surface area (Å²) in [5.41, 5.74) is 0. The number of ether oxygens (including phenoxy) is 1. The third-order valence-corrected chi connectivity index (χ3v) is 0.997. The molecule has 1 N–H and O–H groups in total. The minimum Gasteiger partial charge on any atom is -0.467 e. The standard InChI is InChI=1S/C7H12O3/c1-3-4-5-6(8)7(9)10-2/h4-6,8H,3H2,1-2H3/b5-4-/t6-/m0/s1. The van der Waals surface area contributed by atoms with Crippen molar-refractivity contribution in [1.29, 1.82) is 0 Å². The molecular formula is C7H12O3. The second-order valence-electron chi connectivity index (χ2n) is 1.80. The first-order valence-electron chi connectivity index (χ1n) is 3.15. The Morgan fingerprint density at radius 3 is 2.80 bits per heavy atom. The van der Waals surface area contributed by atoms with Crippen LogP contribution in [0.4, 0.5) is 0 Å². The van der Waals surface area contributed by atoms with Crippen LogP contribution in [0.2, 0.25) is 0 Å². The van der Waals surface area contributed by atoms with E-state index in [1.807, 2.05) is 6.92 Å². The van der Waals surface area contributed by atoms with E-state index in [1.54, 1.807) is 6.08 Å². The Morgan fingerprint density at radius 1 is 1.80 bits per heavy atom. The van der Waals surface area contributed by atoms with Crippen LogP contribution in [0.5, 0.6) is 0 Å². The molecule has 0 spiro atoms. The molecule has 0 rings (SSSR count). The summed E-state index contributed by atoms with van der Waals surface area (Å²) in [7, 11) is 1.24. The molecule has 0 aromatic heterocycles. The van der Waals surface area contributed by atoms with Crippen molar-refractivity contribution in [3.05, 3.63) is 12.2 Å². The maximum atomic E-state index is 10.5. The highest BCUT2D eigenvalue weighted by Crippen LogP contribution is 1.90. The van der Waals surface area contributed by atoms with Gasteiger partial charge in [0.05, 0.1) is 7.11 Å². The number of rotatable bonds is 3. The fraction of sp³-hybridized carbons (Fsp3) is 0.571. The van der Waals surface area contributed by atoms with E-state index in [2.05, 4.69) is 4.74 Å². The Morgan fingerprint density at radius 2 is 2.40 bits per heavy atom. The molecule has 0 fully saturated rings. The molecular weight excluding hydrogens is 132 g/mol. The van der Waals surface area contributed by atoms with Gasteiger partial charge in [-0.1, -0.05) is 13.0 Å². The lowest BCUT2D eigenvalue weighted by Crippen LogP contribution is -2.18. The Kier molecular flexibility index (Phi) is 4.58. The molecule has 0 saturated heterocycles. The molecule has 58 valence electrons. The highest BCUT2D eigenvalue weighted by Gasteiger charge is 2.09. The summed E-state index contributed by atoms with van der Waals surface area (Å²) in [6.45, 7) is 1.92. The van der Waals surface area contributed by atoms with Gasteiger partial charge in [-0.15, -0.1) is 0 Å². The number of allylic oxidation sites excluding steroid dienone is 1. The molecule has 0 aromatic rings. The van der Waals surface area contributed by atoms with Gasteiger partial charge in [0.1, 0.15) is 0 Å². The smallest absolute Gasteiger partial charge is 0.338 e. The molecule has 0 radical (unpaired) electrons. The first-order valence-corrected chi connectivity index (χ1v) is 3.15. The number of methoxy groups -OCH3 is 1. The predicted molar refractivity (Wildman–Crippen MR) is 37.5 cm³/mol. The number of carbonyl (C=O) groups is 1. The van der Waals surface area contributed by atoms with Crippen LogP contribution in [0.3, 0.4) is 0 Å². The first-order chi connectivity index (χ1) is 4.72. The third-order valence-electron chi connectivity index (χ3n) is 0.997. The highest BCUT2D eigenvalue weighted by atomic mass is 16.5. The third kappa shape index (κ3) is 3.25. The van der Waals surface area contributed by atoms with Crippen LogP contribution in [-0.4, -0.2) is 24.3 Å². The van der Waals surface area contributed by atoms with E-state index in [0.29, 0.717) is 0 Å². The van der Waals surface area contributed by atoms with Gasteiger partial charge < -0.3 is 9.84 Å². The average Bonchev–Trinajstić information content (AvgIpc) is 1.98. The fourth-order valence-corrected chi connectivity index (χ4v) is 0.464. The van der Waals surface area contributed by atoms with Crippen LogP contribution in [-0.2, 0) is 9.53 Å². The number of aliphatic hydroxyl groups excluding tert-OH is 1. The number of hydrogen-bond donors (Lipinski definition) is 1. The Hall–Kier alpha value is -0.830. The van der Waals surface area contributed by atoms with Crippen molar-refractivity contribution in [2.24, 2.45) is 0 Å². The molecule has 0 bridgehead atoms. The summed E-state index contributed by atoms with van der Waals surface area (Å²) in [6, 6.07) is 0. The lowest BCUT2D eigenvalue weighted by Gasteiger charge is -2.00. The van der Waals surface area contributed by atoms with Crippen molar-refractivity contribution in [2.45, 2.75) is 19.4 Å². The molecule has 0 saturated carbocycles. The molecule has 0 aliphatic rings. The van der Waals surface area contributed by atoms with Gasteiger partial charge in [0.2, 0.25) is 0 Å². The van der Waals surface area contributed by atoms with Gasteiger partial charge in [-0.3, -0.25) is 0 Å². The van der Waals surface area contributed by atoms with E-state index in [0.717, 1.165) is 6.42 Å². The summed E-state index contributed by atoms with van der Waals surface area (Å²) in [4.78, 5) is 10.5. The molecule has 1 atom stereocenters. The molecule has 0 aromatic carbocycles. The first kappa shape index (κ1) is 9.17. The minimum absolute atomic E-state index is 0.621. The quantitative estimate of drug-likeness (QED) is 0.463. The van der Waals surface area contributed by atoms with Gasteiger partial charge in [0, 0.05) is 0 Å². The Labute approximate surface area is 60.3 Å². The largest absolute Gasteiger partial charge is 0.467 e. The van der Waals surface area contributed by atoms with Gasteiger partial charge in [-0.05, 0) is 12.5 Å². The van der Waals surface area contributed by atoms with Gasteiger partial charge in [0.15, 0.2) is 6.10 Å². The second-order valence-corrected chi connectivity index (χ2v) is 1.80. The SMILES string of the molecule is CC/C=C\[C@H](O)C(=O)OC. The molecule has 3 heteroatoms.